The maximum Gasteiger partial charge on any atom is 0.320 e. The number of hydrogen-bond donors (Lipinski definition) is 1. The highest BCUT2D eigenvalue weighted by molar-refractivity contribution is 5.71. The van der Waals surface area contributed by atoms with E-state index in [4.69, 9.17) is 9.47 Å². The Morgan fingerprint density at radius 2 is 2.38 bits per heavy atom. The molecule has 0 aliphatic carbocycles. The van der Waals surface area contributed by atoms with Crippen LogP contribution in [-0.4, -0.2) is 62.9 Å². The van der Waals surface area contributed by atoms with Crippen molar-refractivity contribution in [3.05, 3.63) is 0 Å². The zero-order valence-corrected chi connectivity index (χ0v) is 10.4. The smallest absolute Gasteiger partial charge is 0.320 e. The molecule has 1 heterocycles. The van der Waals surface area contributed by atoms with Gasteiger partial charge in [0, 0.05) is 19.6 Å². The first kappa shape index (κ1) is 13.4. The molecular formula is C11H22N2O3. The van der Waals surface area contributed by atoms with Gasteiger partial charge in [-0.1, -0.05) is 0 Å². The van der Waals surface area contributed by atoms with E-state index in [0.717, 1.165) is 19.6 Å². The summed E-state index contributed by atoms with van der Waals surface area (Å²) in [6, 6.07) is 0. The molecule has 0 saturated carbocycles. The molecule has 1 saturated heterocycles. The standard InChI is InChI=1S/C11H22N2O3/c1-9(2)16-11(14)8-13-4-5-15-10(7-13)6-12-3/h9-10,12H,4-8H2,1-3H3. The Morgan fingerprint density at radius 1 is 1.62 bits per heavy atom. The summed E-state index contributed by atoms with van der Waals surface area (Å²) in [7, 11) is 1.90. The number of nitrogens with one attached hydrogen (secondary N) is 1. The van der Waals surface area contributed by atoms with Crippen LogP contribution in [0.5, 0.6) is 0 Å². The van der Waals surface area contributed by atoms with Crippen LogP contribution in [0.15, 0.2) is 0 Å². The molecule has 0 aromatic rings. The topological polar surface area (TPSA) is 50.8 Å². The highest BCUT2D eigenvalue weighted by Gasteiger charge is 2.22. The van der Waals surface area contributed by atoms with Crippen molar-refractivity contribution in [2.45, 2.75) is 26.1 Å². The summed E-state index contributed by atoms with van der Waals surface area (Å²) in [6.07, 6.45) is 0.132. The van der Waals surface area contributed by atoms with Crippen LogP contribution < -0.4 is 5.32 Å². The highest BCUT2D eigenvalue weighted by Crippen LogP contribution is 2.04. The molecule has 94 valence electrons. The quantitative estimate of drug-likeness (QED) is 0.666. The Bertz CT molecular complexity index is 219. The van der Waals surface area contributed by atoms with Crippen LogP contribution in [-0.2, 0) is 14.3 Å². The van der Waals surface area contributed by atoms with Crippen molar-refractivity contribution in [3.8, 4) is 0 Å². The maximum atomic E-state index is 11.5. The average molecular weight is 230 g/mol. The summed E-state index contributed by atoms with van der Waals surface area (Å²) in [5, 5.41) is 3.08. The first-order valence-corrected chi connectivity index (χ1v) is 5.80. The SMILES string of the molecule is CNCC1CN(CC(=O)OC(C)C)CCO1. The minimum absolute atomic E-state index is 0.0401. The van der Waals surface area contributed by atoms with Gasteiger partial charge in [0.05, 0.1) is 25.4 Å². The molecule has 0 amide bonds. The second-order valence-corrected chi connectivity index (χ2v) is 4.32. The number of rotatable bonds is 5. The number of ether oxygens (including phenoxy) is 2. The van der Waals surface area contributed by atoms with E-state index in [1.165, 1.54) is 0 Å². The summed E-state index contributed by atoms with van der Waals surface area (Å²) >= 11 is 0. The molecule has 5 heteroatoms. The molecule has 0 spiro atoms. The fraction of sp³-hybridized carbons (Fsp3) is 0.909. The predicted octanol–water partition coefficient (Wildman–Crippen LogP) is -0.142. The summed E-state index contributed by atoms with van der Waals surface area (Å²) in [6.45, 7) is 7.17. The van der Waals surface area contributed by atoms with Crippen LogP contribution in [0.1, 0.15) is 13.8 Å². The lowest BCUT2D eigenvalue weighted by Crippen LogP contribution is -2.48. The third-order valence-electron chi connectivity index (χ3n) is 2.37. The van der Waals surface area contributed by atoms with E-state index in [1.54, 1.807) is 0 Å². The largest absolute Gasteiger partial charge is 0.462 e. The molecule has 1 unspecified atom stereocenters. The fourth-order valence-electron chi connectivity index (χ4n) is 1.76. The summed E-state index contributed by atoms with van der Waals surface area (Å²) in [5.74, 6) is -0.153. The van der Waals surface area contributed by atoms with Crippen LogP contribution in [0.2, 0.25) is 0 Å². The molecule has 1 atom stereocenters. The number of hydrogen-bond acceptors (Lipinski definition) is 5. The molecule has 1 rings (SSSR count). The molecule has 1 N–H and O–H groups in total. The zero-order chi connectivity index (χ0) is 12.0. The number of morpholine rings is 1. The average Bonchev–Trinajstić information content (AvgIpc) is 2.17. The van der Waals surface area contributed by atoms with Gasteiger partial charge >= 0.3 is 5.97 Å². The van der Waals surface area contributed by atoms with Crippen LogP contribution in [0, 0.1) is 0 Å². The first-order valence-electron chi connectivity index (χ1n) is 5.80. The van der Waals surface area contributed by atoms with Crippen molar-refractivity contribution < 1.29 is 14.3 Å². The fourth-order valence-corrected chi connectivity index (χ4v) is 1.76. The van der Waals surface area contributed by atoms with Crippen molar-refractivity contribution in [2.75, 3.05) is 39.8 Å². The Hall–Kier alpha value is -0.650. The van der Waals surface area contributed by atoms with Gasteiger partial charge < -0.3 is 14.8 Å². The van der Waals surface area contributed by atoms with Gasteiger partial charge in [-0.3, -0.25) is 9.69 Å². The Balaban J connectivity index is 2.28. The van der Waals surface area contributed by atoms with E-state index in [2.05, 4.69) is 10.2 Å². The van der Waals surface area contributed by atoms with Crippen LogP contribution in [0.4, 0.5) is 0 Å². The summed E-state index contributed by atoms with van der Waals surface area (Å²) in [5.41, 5.74) is 0. The number of likely N-dealkylation sites (N-methyl/N-ethyl adjacent to an activating group) is 1. The molecule has 1 fully saturated rings. The van der Waals surface area contributed by atoms with E-state index in [9.17, 15) is 4.79 Å². The number of esters is 1. The molecule has 1 aliphatic heterocycles. The molecule has 0 radical (unpaired) electrons. The Labute approximate surface area is 97.1 Å². The van der Waals surface area contributed by atoms with Crippen molar-refractivity contribution in [1.29, 1.82) is 0 Å². The third-order valence-corrected chi connectivity index (χ3v) is 2.37. The normalized spacial score (nSPS) is 22.4. The van der Waals surface area contributed by atoms with Crippen molar-refractivity contribution in [2.24, 2.45) is 0 Å². The van der Waals surface area contributed by atoms with Crippen LogP contribution >= 0.6 is 0 Å². The molecular weight excluding hydrogens is 208 g/mol. The maximum absolute atomic E-state index is 11.5. The minimum atomic E-state index is -0.153. The first-order chi connectivity index (χ1) is 7.61. The lowest BCUT2D eigenvalue weighted by Gasteiger charge is -2.32. The van der Waals surface area contributed by atoms with Gasteiger partial charge in [-0.2, -0.15) is 0 Å². The molecule has 0 aromatic heterocycles. The van der Waals surface area contributed by atoms with Gasteiger partial charge in [0.25, 0.3) is 0 Å². The molecule has 0 aromatic carbocycles. The van der Waals surface area contributed by atoms with Crippen molar-refractivity contribution in [1.82, 2.24) is 10.2 Å². The van der Waals surface area contributed by atoms with E-state index in [1.807, 2.05) is 20.9 Å². The monoisotopic (exact) mass is 230 g/mol. The predicted molar refractivity (Wildman–Crippen MR) is 61.3 cm³/mol. The van der Waals surface area contributed by atoms with Gasteiger partial charge in [0.1, 0.15) is 0 Å². The summed E-state index contributed by atoms with van der Waals surface area (Å²) in [4.78, 5) is 13.5. The lowest BCUT2D eigenvalue weighted by molar-refractivity contribution is -0.150. The molecule has 16 heavy (non-hydrogen) atoms. The molecule has 1 aliphatic rings. The summed E-state index contributed by atoms with van der Waals surface area (Å²) < 4.78 is 10.7. The highest BCUT2D eigenvalue weighted by atomic mass is 16.5. The second kappa shape index (κ2) is 6.83. The van der Waals surface area contributed by atoms with E-state index >= 15 is 0 Å². The Morgan fingerprint density at radius 3 is 3.00 bits per heavy atom. The van der Waals surface area contributed by atoms with Gasteiger partial charge in [-0.25, -0.2) is 0 Å². The van der Waals surface area contributed by atoms with Gasteiger partial charge in [-0.15, -0.1) is 0 Å². The third kappa shape index (κ3) is 4.92. The minimum Gasteiger partial charge on any atom is -0.462 e. The van der Waals surface area contributed by atoms with Gasteiger partial charge in [0.2, 0.25) is 0 Å². The lowest BCUT2D eigenvalue weighted by atomic mass is 10.2. The molecule has 0 bridgehead atoms. The number of carbonyl (C=O) groups excluding carboxylic acids is 1. The van der Waals surface area contributed by atoms with E-state index in [-0.39, 0.29) is 18.2 Å². The second-order valence-electron chi connectivity index (χ2n) is 4.32. The van der Waals surface area contributed by atoms with Crippen LogP contribution in [0.25, 0.3) is 0 Å². The number of carbonyl (C=O) groups is 1. The van der Waals surface area contributed by atoms with Gasteiger partial charge in [0.15, 0.2) is 0 Å². The van der Waals surface area contributed by atoms with E-state index in [0.29, 0.717) is 13.2 Å². The van der Waals surface area contributed by atoms with Crippen molar-refractivity contribution in [3.63, 3.8) is 0 Å². The zero-order valence-electron chi connectivity index (χ0n) is 10.4. The van der Waals surface area contributed by atoms with Gasteiger partial charge in [-0.05, 0) is 20.9 Å². The Kier molecular flexibility index (Phi) is 5.73. The van der Waals surface area contributed by atoms with Crippen LogP contribution in [0.3, 0.4) is 0 Å². The van der Waals surface area contributed by atoms with Crippen molar-refractivity contribution >= 4 is 5.97 Å². The number of nitrogens with zero attached hydrogens (tertiary/aromatic N) is 1. The van der Waals surface area contributed by atoms with E-state index < -0.39 is 0 Å². The molecule has 5 nitrogen and oxygen atoms in total.